The van der Waals surface area contributed by atoms with Gasteiger partial charge in [-0.15, -0.1) is 0 Å². The average Bonchev–Trinajstić information content (AvgIpc) is 3.00. The topological polar surface area (TPSA) is 233 Å². The van der Waals surface area contributed by atoms with Gasteiger partial charge in [0.2, 0.25) is 0 Å². The summed E-state index contributed by atoms with van der Waals surface area (Å²) in [4.78, 5) is 30.6. The van der Waals surface area contributed by atoms with Crippen LogP contribution in [0.15, 0.2) is 0 Å². The molecule has 0 saturated carbocycles. The Balaban J connectivity index is -0.000000270. The standard InChI is InChI=1S/C16H32O2.C10H18O4.2C3H8O3/c1-2-3-4-5-6-7-8-9-10-11-12-13-14-15-16(17)18;11-9(12)7-5-3-1-2-4-6-8-10(13)14;2*4-1-3(6)2-5/h2-15H2,1H3,(H,17,18);1-8H2,(H,11,12)(H,13,14);2*3-6H,1-2H2. The molecule has 0 aromatic heterocycles. The van der Waals surface area contributed by atoms with E-state index in [2.05, 4.69) is 6.92 Å². The van der Waals surface area contributed by atoms with Crippen molar-refractivity contribution in [2.45, 2.75) is 160 Å². The molecule has 0 radical (unpaired) electrons. The van der Waals surface area contributed by atoms with Gasteiger partial charge in [-0.25, -0.2) is 0 Å². The molecule has 0 amide bonds. The van der Waals surface area contributed by atoms with Crippen LogP contribution in [0.3, 0.4) is 0 Å². The summed E-state index contributed by atoms with van der Waals surface area (Å²) in [6.45, 7) is 0.802. The lowest BCUT2D eigenvalue weighted by Gasteiger charge is -2.02. The van der Waals surface area contributed by atoms with Crippen molar-refractivity contribution >= 4 is 17.9 Å². The summed E-state index contributed by atoms with van der Waals surface area (Å²) in [7, 11) is 0. The lowest BCUT2D eigenvalue weighted by atomic mass is 10.0. The summed E-state index contributed by atoms with van der Waals surface area (Å²) in [5, 5.41) is 73.2. The van der Waals surface area contributed by atoms with E-state index in [0.29, 0.717) is 6.42 Å². The summed E-state index contributed by atoms with van der Waals surface area (Å²) in [5.41, 5.74) is 0. The molecular formula is C32H66O12. The minimum atomic E-state index is -0.954. The van der Waals surface area contributed by atoms with Gasteiger partial charge in [-0.3, -0.25) is 14.4 Å². The normalized spacial score (nSPS) is 10.3. The summed E-state index contributed by atoms with van der Waals surface area (Å²) in [6, 6.07) is 0. The SMILES string of the molecule is CCCCCCCCCCCCCCCC(=O)O.O=C(O)CCCCCCCCC(=O)O.OCC(O)CO.OCC(O)CO. The van der Waals surface area contributed by atoms with Crippen LogP contribution in [0.1, 0.15) is 148 Å². The number of unbranched alkanes of at least 4 members (excludes halogenated alkanes) is 17. The van der Waals surface area contributed by atoms with Crippen LogP contribution in [0, 0.1) is 0 Å². The summed E-state index contributed by atoms with van der Waals surface area (Å²) in [5.74, 6) is -2.13. The highest BCUT2D eigenvalue weighted by atomic mass is 16.4. The van der Waals surface area contributed by atoms with Crippen molar-refractivity contribution < 1.29 is 60.3 Å². The highest BCUT2D eigenvalue weighted by Crippen LogP contribution is 2.13. The molecule has 0 fully saturated rings. The van der Waals surface area contributed by atoms with Gasteiger partial charge in [0.05, 0.1) is 26.4 Å². The molecule has 0 aliphatic heterocycles. The largest absolute Gasteiger partial charge is 0.481 e. The van der Waals surface area contributed by atoms with Crippen LogP contribution in [0.25, 0.3) is 0 Å². The van der Waals surface area contributed by atoms with E-state index in [9.17, 15) is 14.4 Å². The van der Waals surface area contributed by atoms with Crippen molar-refractivity contribution in [3.8, 4) is 0 Å². The number of carboxylic acid groups (broad SMARTS) is 3. The van der Waals surface area contributed by atoms with E-state index < -0.39 is 30.1 Å². The summed E-state index contributed by atoms with van der Waals surface area (Å²) >= 11 is 0. The Hall–Kier alpha value is -1.83. The first-order valence-electron chi connectivity index (χ1n) is 16.5. The molecule has 0 atom stereocenters. The second kappa shape index (κ2) is 43.3. The van der Waals surface area contributed by atoms with E-state index in [1.807, 2.05) is 0 Å². The number of aliphatic carboxylic acids is 3. The molecule has 0 aliphatic rings. The molecular weight excluding hydrogens is 576 g/mol. The van der Waals surface area contributed by atoms with E-state index in [0.717, 1.165) is 51.4 Å². The van der Waals surface area contributed by atoms with E-state index in [-0.39, 0.29) is 39.3 Å². The molecule has 0 aliphatic carbocycles. The third kappa shape index (κ3) is 59.6. The van der Waals surface area contributed by atoms with Crippen LogP contribution in [0.2, 0.25) is 0 Å². The zero-order valence-electron chi connectivity index (χ0n) is 27.3. The fourth-order valence-electron chi connectivity index (χ4n) is 3.67. The lowest BCUT2D eigenvalue weighted by molar-refractivity contribution is -0.138. The molecule has 0 aromatic carbocycles. The molecule has 9 N–H and O–H groups in total. The number of hydrogen-bond acceptors (Lipinski definition) is 9. The van der Waals surface area contributed by atoms with Gasteiger partial charge in [0.15, 0.2) is 0 Å². The molecule has 12 heteroatoms. The minimum absolute atomic E-state index is 0.245. The first-order valence-corrected chi connectivity index (χ1v) is 16.5. The van der Waals surface area contributed by atoms with Crippen LogP contribution in [-0.2, 0) is 14.4 Å². The van der Waals surface area contributed by atoms with Crippen LogP contribution >= 0.6 is 0 Å². The summed E-state index contributed by atoms with van der Waals surface area (Å²) in [6.07, 6.45) is 21.2. The fourth-order valence-corrected chi connectivity index (χ4v) is 3.67. The zero-order valence-corrected chi connectivity index (χ0v) is 27.3. The van der Waals surface area contributed by atoms with Gasteiger partial charge in [-0.2, -0.15) is 0 Å². The molecule has 0 unspecified atom stereocenters. The number of rotatable bonds is 27. The van der Waals surface area contributed by atoms with Crippen molar-refractivity contribution in [3.63, 3.8) is 0 Å². The van der Waals surface area contributed by atoms with Gasteiger partial charge < -0.3 is 46.0 Å². The zero-order chi connectivity index (χ0) is 34.3. The molecule has 0 aromatic rings. The van der Waals surface area contributed by atoms with Crippen LogP contribution in [-0.4, -0.2) is 103 Å². The van der Waals surface area contributed by atoms with Crippen molar-refractivity contribution in [2.75, 3.05) is 26.4 Å². The number of aliphatic hydroxyl groups is 6. The van der Waals surface area contributed by atoms with E-state index in [4.69, 9.17) is 46.0 Å². The van der Waals surface area contributed by atoms with Gasteiger partial charge in [-0.1, -0.05) is 110 Å². The lowest BCUT2D eigenvalue weighted by Crippen LogP contribution is -2.15. The monoisotopic (exact) mass is 642 g/mol. The van der Waals surface area contributed by atoms with E-state index in [1.54, 1.807) is 0 Å². The van der Waals surface area contributed by atoms with Gasteiger partial charge in [0.25, 0.3) is 0 Å². The van der Waals surface area contributed by atoms with Crippen molar-refractivity contribution in [2.24, 2.45) is 0 Å². The van der Waals surface area contributed by atoms with E-state index >= 15 is 0 Å². The molecule has 0 rings (SSSR count). The third-order valence-electron chi connectivity index (χ3n) is 6.37. The first kappa shape index (κ1) is 49.1. The van der Waals surface area contributed by atoms with Gasteiger partial charge in [0, 0.05) is 19.3 Å². The van der Waals surface area contributed by atoms with Crippen LogP contribution in [0.4, 0.5) is 0 Å². The Morgan fingerprint density at radius 1 is 0.386 bits per heavy atom. The predicted molar refractivity (Wildman–Crippen MR) is 171 cm³/mol. The fraction of sp³-hybridized carbons (Fsp3) is 0.906. The smallest absolute Gasteiger partial charge is 0.303 e. The van der Waals surface area contributed by atoms with E-state index in [1.165, 1.54) is 70.6 Å². The van der Waals surface area contributed by atoms with Gasteiger partial charge in [0.1, 0.15) is 12.2 Å². The predicted octanol–water partition coefficient (Wildman–Crippen LogP) is 4.49. The van der Waals surface area contributed by atoms with Gasteiger partial charge >= 0.3 is 17.9 Å². The van der Waals surface area contributed by atoms with Crippen molar-refractivity contribution in [3.05, 3.63) is 0 Å². The maximum absolute atomic E-state index is 10.3. The Labute approximate surface area is 265 Å². The Morgan fingerprint density at radius 2 is 0.568 bits per heavy atom. The second-order valence-electron chi connectivity index (χ2n) is 10.8. The second-order valence-corrected chi connectivity index (χ2v) is 10.8. The number of hydrogen-bond donors (Lipinski definition) is 9. The molecule has 0 spiro atoms. The average molecular weight is 643 g/mol. The number of aliphatic hydroxyl groups excluding tert-OH is 6. The minimum Gasteiger partial charge on any atom is -0.481 e. The maximum Gasteiger partial charge on any atom is 0.303 e. The Kier molecular flexibility index (Phi) is 48.3. The number of carbonyl (C=O) groups is 3. The highest BCUT2D eigenvalue weighted by molar-refractivity contribution is 5.67. The third-order valence-corrected chi connectivity index (χ3v) is 6.37. The molecule has 0 heterocycles. The molecule has 0 bridgehead atoms. The number of carboxylic acids is 3. The van der Waals surface area contributed by atoms with Crippen molar-refractivity contribution in [1.29, 1.82) is 0 Å². The highest BCUT2D eigenvalue weighted by Gasteiger charge is 1.99. The molecule has 12 nitrogen and oxygen atoms in total. The van der Waals surface area contributed by atoms with Crippen molar-refractivity contribution in [1.82, 2.24) is 0 Å². The summed E-state index contributed by atoms with van der Waals surface area (Å²) < 4.78 is 0. The van der Waals surface area contributed by atoms with Crippen LogP contribution < -0.4 is 0 Å². The first-order chi connectivity index (χ1) is 21.0. The Bertz CT molecular complexity index is 552. The molecule has 266 valence electrons. The van der Waals surface area contributed by atoms with Crippen LogP contribution in [0.5, 0.6) is 0 Å². The maximum atomic E-state index is 10.3. The van der Waals surface area contributed by atoms with Gasteiger partial charge in [-0.05, 0) is 19.3 Å². The molecule has 0 saturated heterocycles. The quantitative estimate of drug-likeness (QED) is 0.0564. The molecule has 44 heavy (non-hydrogen) atoms. The Morgan fingerprint density at radius 3 is 0.705 bits per heavy atom.